The van der Waals surface area contributed by atoms with Crippen LogP contribution in [0.1, 0.15) is 68.4 Å². The molecule has 2 rings (SSSR count). The second-order valence-corrected chi connectivity index (χ2v) is 5.68. The van der Waals surface area contributed by atoms with Crippen LogP contribution in [0.3, 0.4) is 0 Å². The lowest BCUT2D eigenvalue weighted by Gasteiger charge is -2.14. The molecule has 0 aromatic heterocycles. The van der Waals surface area contributed by atoms with E-state index in [1.54, 1.807) is 5.56 Å². The van der Waals surface area contributed by atoms with Crippen molar-refractivity contribution in [3.05, 3.63) is 35.4 Å². The summed E-state index contributed by atoms with van der Waals surface area (Å²) in [6.07, 6.45) is 12.1. The molecule has 0 unspecified atom stereocenters. The third-order valence-corrected chi connectivity index (χ3v) is 4.23. The van der Waals surface area contributed by atoms with Crippen LogP contribution in [-0.4, -0.2) is 6.54 Å². The number of rotatable bonds is 5. The van der Waals surface area contributed by atoms with E-state index in [1.807, 2.05) is 0 Å². The molecule has 0 saturated heterocycles. The molecule has 0 amide bonds. The Morgan fingerprint density at radius 1 is 0.889 bits per heavy atom. The van der Waals surface area contributed by atoms with Crippen LogP contribution in [0.25, 0.3) is 0 Å². The van der Waals surface area contributed by atoms with Crippen LogP contribution < -0.4 is 5.73 Å². The van der Waals surface area contributed by atoms with Crippen molar-refractivity contribution in [2.75, 3.05) is 6.54 Å². The molecule has 0 bridgehead atoms. The maximum atomic E-state index is 5.53. The van der Waals surface area contributed by atoms with Crippen molar-refractivity contribution in [3.8, 4) is 0 Å². The van der Waals surface area contributed by atoms with Crippen molar-refractivity contribution in [2.24, 2.45) is 5.73 Å². The second kappa shape index (κ2) is 7.58. The molecule has 0 radical (unpaired) electrons. The van der Waals surface area contributed by atoms with Gasteiger partial charge in [0, 0.05) is 0 Å². The molecule has 1 heteroatoms. The van der Waals surface area contributed by atoms with Gasteiger partial charge in [-0.25, -0.2) is 0 Å². The average Bonchev–Trinajstić information content (AvgIpc) is 2.69. The molecule has 1 aromatic carbocycles. The standard InChI is InChI=1S/C17H27N/c18-14-6-5-7-15-10-12-17(13-11-15)16-8-3-1-2-4-9-16/h10-13,16H,1-9,14,18H2. The van der Waals surface area contributed by atoms with Gasteiger partial charge in [-0.15, -0.1) is 0 Å². The highest BCUT2D eigenvalue weighted by molar-refractivity contribution is 5.25. The van der Waals surface area contributed by atoms with Crippen molar-refractivity contribution < 1.29 is 0 Å². The summed E-state index contributed by atoms with van der Waals surface area (Å²) in [5, 5.41) is 0. The van der Waals surface area contributed by atoms with Gasteiger partial charge in [0.05, 0.1) is 0 Å². The normalized spacial score (nSPS) is 17.6. The number of hydrogen-bond donors (Lipinski definition) is 1. The van der Waals surface area contributed by atoms with Gasteiger partial charge in [0.15, 0.2) is 0 Å². The van der Waals surface area contributed by atoms with Gasteiger partial charge < -0.3 is 5.73 Å². The van der Waals surface area contributed by atoms with Crippen LogP contribution in [0.4, 0.5) is 0 Å². The molecular weight excluding hydrogens is 218 g/mol. The van der Waals surface area contributed by atoms with Gasteiger partial charge in [-0.2, -0.15) is 0 Å². The van der Waals surface area contributed by atoms with E-state index >= 15 is 0 Å². The predicted molar refractivity (Wildman–Crippen MR) is 78.9 cm³/mol. The number of nitrogens with two attached hydrogens (primary N) is 1. The van der Waals surface area contributed by atoms with Crippen LogP contribution in [0.5, 0.6) is 0 Å². The van der Waals surface area contributed by atoms with E-state index in [2.05, 4.69) is 24.3 Å². The highest BCUT2D eigenvalue weighted by Gasteiger charge is 2.13. The summed E-state index contributed by atoms with van der Waals surface area (Å²) in [7, 11) is 0. The monoisotopic (exact) mass is 245 g/mol. The van der Waals surface area contributed by atoms with Gasteiger partial charge in [-0.05, 0) is 55.7 Å². The Labute approximate surface area is 112 Å². The quantitative estimate of drug-likeness (QED) is 0.603. The van der Waals surface area contributed by atoms with E-state index in [-0.39, 0.29) is 0 Å². The lowest BCUT2D eigenvalue weighted by atomic mass is 9.91. The van der Waals surface area contributed by atoms with Gasteiger partial charge >= 0.3 is 0 Å². The Morgan fingerprint density at radius 2 is 1.56 bits per heavy atom. The van der Waals surface area contributed by atoms with E-state index < -0.39 is 0 Å². The molecule has 1 fully saturated rings. The Hall–Kier alpha value is -0.820. The lowest BCUT2D eigenvalue weighted by Crippen LogP contribution is -2.00. The van der Waals surface area contributed by atoms with E-state index in [0.29, 0.717) is 0 Å². The van der Waals surface area contributed by atoms with E-state index in [9.17, 15) is 0 Å². The van der Waals surface area contributed by atoms with E-state index in [0.717, 1.165) is 18.9 Å². The molecule has 18 heavy (non-hydrogen) atoms. The molecule has 100 valence electrons. The van der Waals surface area contributed by atoms with Crippen LogP contribution in [0.2, 0.25) is 0 Å². The van der Waals surface area contributed by atoms with Crippen molar-refractivity contribution in [1.29, 1.82) is 0 Å². The maximum absolute atomic E-state index is 5.53. The zero-order chi connectivity index (χ0) is 12.6. The van der Waals surface area contributed by atoms with Gasteiger partial charge in [0.2, 0.25) is 0 Å². The Kier molecular flexibility index (Phi) is 5.73. The molecular formula is C17H27N. The molecule has 0 atom stereocenters. The van der Waals surface area contributed by atoms with Gasteiger partial charge in [0.25, 0.3) is 0 Å². The summed E-state index contributed by atoms with van der Waals surface area (Å²) >= 11 is 0. The molecule has 0 heterocycles. The fraction of sp³-hybridized carbons (Fsp3) is 0.647. The molecule has 1 aliphatic carbocycles. The summed E-state index contributed by atoms with van der Waals surface area (Å²) < 4.78 is 0. The molecule has 1 aromatic rings. The van der Waals surface area contributed by atoms with Crippen LogP contribution in [-0.2, 0) is 6.42 Å². The number of unbranched alkanes of at least 4 members (excludes halogenated alkanes) is 1. The summed E-state index contributed by atoms with van der Waals surface area (Å²) in [6, 6.07) is 9.40. The van der Waals surface area contributed by atoms with Crippen LogP contribution >= 0.6 is 0 Å². The zero-order valence-corrected chi connectivity index (χ0v) is 11.5. The fourth-order valence-electron chi connectivity index (χ4n) is 3.04. The van der Waals surface area contributed by atoms with E-state index in [4.69, 9.17) is 5.73 Å². The minimum absolute atomic E-state index is 0.820. The first-order valence-electron chi connectivity index (χ1n) is 7.69. The van der Waals surface area contributed by atoms with E-state index in [1.165, 1.54) is 56.9 Å². The minimum atomic E-state index is 0.820. The largest absolute Gasteiger partial charge is 0.330 e. The van der Waals surface area contributed by atoms with Gasteiger partial charge in [-0.1, -0.05) is 49.9 Å². The molecule has 0 aliphatic heterocycles. The maximum Gasteiger partial charge on any atom is -0.00772 e. The molecule has 2 N–H and O–H groups in total. The third kappa shape index (κ3) is 4.13. The first-order chi connectivity index (χ1) is 8.90. The molecule has 1 saturated carbocycles. The first-order valence-corrected chi connectivity index (χ1v) is 7.69. The smallest absolute Gasteiger partial charge is 0.00772 e. The van der Waals surface area contributed by atoms with Crippen LogP contribution in [0.15, 0.2) is 24.3 Å². The predicted octanol–water partition coefficient (Wildman–Crippen LogP) is 4.41. The topological polar surface area (TPSA) is 26.0 Å². The second-order valence-electron chi connectivity index (χ2n) is 5.68. The summed E-state index contributed by atoms with van der Waals surface area (Å²) in [5.74, 6) is 0.825. The fourth-order valence-corrected chi connectivity index (χ4v) is 3.04. The zero-order valence-electron chi connectivity index (χ0n) is 11.5. The first kappa shape index (κ1) is 13.6. The summed E-state index contributed by atoms with van der Waals surface area (Å²) in [6.45, 7) is 0.820. The van der Waals surface area contributed by atoms with Crippen molar-refractivity contribution in [3.63, 3.8) is 0 Å². The Bertz CT molecular complexity index is 320. The number of hydrogen-bond acceptors (Lipinski definition) is 1. The Morgan fingerprint density at radius 3 is 2.17 bits per heavy atom. The van der Waals surface area contributed by atoms with Crippen molar-refractivity contribution in [2.45, 2.75) is 63.7 Å². The molecule has 0 spiro atoms. The summed E-state index contributed by atoms with van der Waals surface area (Å²) in [4.78, 5) is 0. The van der Waals surface area contributed by atoms with Gasteiger partial charge in [-0.3, -0.25) is 0 Å². The lowest BCUT2D eigenvalue weighted by molar-refractivity contribution is 0.592. The number of benzene rings is 1. The minimum Gasteiger partial charge on any atom is -0.330 e. The van der Waals surface area contributed by atoms with Gasteiger partial charge in [0.1, 0.15) is 0 Å². The van der Waals surface area contributed by atoms with Crippen LogP contribution in [0, 0.1) is 0 Å². The Balaban J connectivity index is 1.89. The highest BCUT2D eigenvalue weighted by atomic mass is 14.5. The summed E-state index contributed by atoms with van der Waals surface area (Å²) in [5.41, 5.74) is 8.57. The highest BCUT2D eigenvalue weighted by Crippen LogP contribution is 2.31. The molecule has 1 aliphatic rings. The number of aryl methyl sites for hydroxylation is 1. The third-order valence-electron chi connectivity index (χ3n) is 4.23. The molecule has 1 nitrogen and oxygen atoms in total. The van der Waals surface area contributed by atoms with Crippen molar-refractivity contribution in [1.82, 2.24) is 0 Å². The SMILES string of the molecule is NCCCCc1ccc(C2CCCCCC2)cc1. The average molecular weight is 245 g/mol. The van der Waals surface area contributed by atoms with Crippen molar-refractivity contribution >= 4 is 0 Å².